The molecule has 1 aliphatic rings. The Bertz CT molecular complexity index is 574. The van der Waals surface area contributed by atoms with Crippen LogP contribution in [0.15, 0.2) is 24.3 Å². The van der Waals surface area contributed by atoms with E-state index in [-0.39, 0.29) is 5.75 Å². The molecule has 0 atom stereocenters. The first kappa shape index (κ1) is 11.3. The van der Waals surface area contributed by atoms with Crippen molar-refractivity contribution >= 4 is 16.7 Å². The molecular formula is C15H18N2O. The van der Waals surface area contributed by atoms with Crippen LogP contribution in [0.3, 0.4) is 0 Å². The number of pyridine rings is 1. The number of phenols is 1. The minimum Gasteiger partial charge on any atom is -0.506 e. The summed E-state index contributed by atoms with van der Waals surface area (Å²) in [7, 11) is 0. The lowest BCUT2D eigenvalue weighted by atomic mass is 10.1. The van der Waals surface area contributed by atoms with Crippen LogP contribution in [-0.2, 0) is 0 Å². The number of rotatable bonds is 1. The lowest BCUT2D eigenvalue weighted by molar-refractivity contribution is 0.480. The first-order chi connectivity index (χ1) is 8.75. The van der Waals surface area contributed by atoms with Crippen molar-refractivity contribution < 1.29 is 5.11 Å². The van der Waals surface area contributed by atoms with Gasteiger partial charge in [0.1, 0.15) is 17.1 Å². The fourth-order valence-electron chi connectivity index (χ4n) is 2.67. The smallest absolute Gasteiger partial charge is 0.141 e. The first-order valence-electron chi connectivity index (χ1n) is 6.60. The van der Waals surface area contributed by atoms with E-state index in [0.29, 0.717) is 0 Å². The summed E-state index contributed by atoms with van der Waals surface area (Å²) in [6.45, 7) is 4.23. The molecular weight excluding hydrogens is 224 g/mol. The van der Waals surface area contributed by atoms with Crippen LogP contribution in [0.2, 0.25) is 0 Å². The van der Waals surface area contributed by atoms with Crippen LogP contribution in [0.5, 0.6) is 5.75 Å². The highest BCUT2D eigenvalue weighted by molar-refractivity contribution is 5.88. The molecule has 3 rings (SSSR count). The average Bonchev–Trinajstić information content (AvgIpc) is 2.41. The highest BCUT2D eigenvalue weighted by Gasteiger charge is 2.14. The number of hydrogen-bond donors (Lipinski definition) is 1. The molecule has 94 valence electrons. The van der Waals surface area contributed by atoms with Crippen LogP contribution in [0, 0.1) is 6.92 Å². The molecule has 1 aromatic heterocycles. The maximum absolute atomic E-state index is 9.94. The molecule has 0 spiro atoms. The maximum Gasteiger partial charge on any atom is 0.141 e. The van der Waals surface area contributed by atoms with Crippen LogP contribution < -0.4 is 4.90 Å². The molecule has 1 aromatic carbocycles. The normalized spacial score (nSPS) is 16.2. The first-order valence-corrected chi connectivity index (χ1v) is 6.60. The molecule has 0 amide bonds. The van der Waals surface area contributed by atoms with Gasteiger partial charge < -0.3 is 10.0 Å². The molecule has 3 nitrogen and oxygen atoms in total. The molecule has 1 fully saturated rings. The van der Waals surface area contributed by atoms with Gasteiger partial charge in [-0.1, -0.05) is 12.1 Å². The highest BCUT2D eigenvalue weighted by atomic mass is 16.3. The molecule has 0 aliphatic carbocycles. The molecule has 0 bridgehead atoms. The number of benzene rings is 1. The number of para-hydroxylation sites is 1. The number of aromatic nitrogens is 1. The molecule has 1 N–H and O–H groups in total. The third kappa shape index (κ3) is 1.90. The minimum absolute atomic E-state index is 0.273. The molecule has 18 heavy (non-hydrogen) atoms. The summed E-state index contributed by atoms with van der Waals surface area (Å²) in [5.41, 5.74) is 1.90. The van der Waals surface area contributed by atoms with Gasteiger partial charge in [-0.2, -0.15) is 0 Å². The Hall–Kier alpha value is -1.77. The largest absolute Gasteiger partial charge is 0.506 e. The van der Waals surface area contributed by atoms with Crippen molar-refractivity contribution in [3.8, 4) is 5.75 Å². The second kappa shape index (κ2) is 4.48. The number of aromatic hydroxyl groups is 1. The van der Waals surface area contributed by atoms with Crippen molar-refractivity contribution in [3.05, 3.63) is 29.8 Å². The van der Waals surface area contributed by atoms with Gasteiger partial charge in [-0.15, -0.1) is 0 Å². The van der Waals surface area contributed by atoms with Crippen molar-refractivity contribution in [3.63, 3.8) is 0 Å². The summed E-state index contributed by atoms with van der Waals surface area (Å²) < 4.78 is 0. The SMILES string of the molecule is Cc1cc(N2CCCCC2)nc2c(O)cccc12. The van der Waals surface area contributed by atoms with E-state index < -0.39 is 0 Å². The van der Waals surface area contributed by atoms with Gasteiger partial charge in [0.25, 0.3) is 0 Å². The predicted octanol–water partition coefficient (Wildman–Crippen LogP) is 3.24. The van der Waals surface area contributed by atoms with Gasteiger partial charge in [-0.3, -0.25) is 0 Å². The summed E-state index contributed by atoms with van der Waals surface area (Å²) in [6.07, 6.45) is 3.79. The van der Waals surface area contributed by atoms with E-state index in [1.807, 2.05) is 12.1 Å². The van der Waals surface area contributed by atoms with Gasteiger partial charge in [0, 0.05) is 18.5 Å². The summed E-state index contributed by atoms with van der Waals surface area (Å²) in [4.78, 5) is 6.96. The minimum atomic E-state index is 0.273. The average molecular weight is 242 g/mol. The number of piperidine rings is 1. The topological polar surface area (TPSA) is 36.4 Å². The number of hydrogen-bond acceptors (Lipinski definition) is 3. The number of phenolic OH excluding ortho intramolecular Hbond substituents is 1. The number of anilines is 1. The van der Waals surface area contributed by atoms with Crippen LogP contribution in [-0.4, -0.2) is 23.2 Å². The second-order valence-electron chi connectivity index (χ2n) is 5.02. The van der Waals surface area contributed by atoms with E-state index in [1.165, 1.54) is 24.8 Å². The van der Waals surface area contributed by atoms with E-state index in [0.717, 1.165) is 29.8 Å². The molecule has 0 unspecified atom stereocenters. The Kier molecular flexibility index (Phi) is 2.82. The second-order valence-corrected chi connectivity index (χ2v) is 5.02. The van der Waals surface area contributed by atoms with Crippen molar-refractivity contribution in [2.24, 2.45) is 0 Å². The van der Waals surface area contributed by atoms with Gasteiger partial charge in [0.15, 0.2) is 0 Å². The quantitative estimate of drug-likeness (QED) is 0.834. The standard InChI is InChI=1S/C15H18N2O/c1-11-10-14(17-8-3-2-4-9-17)16-15-12(11)6-5-7-13(15)18/h5-7,10,18H,2-4,8-9H2,1H3. The molecule has 1 aliphatic heterocycles. The van der Waals surface area contributed by atoms with E-state index in [9.17, 15) is 5.11 Å². The van der Waals surface area contributed by atoms with Crippen molar-refractivity contribution in [1.29, 1.82) is 0 Å². The molecule has 2 aromatic rings. The Morgan fingerprint density at radius 3 is 2.72 bits per heavy atom. The van der Waals surface area contributed by atoms with Gasteiger partial charge in [0.2, 0.25) is 0 Å². The fourth-order valence-corrected chi connectivity index (χ4v) is 2.67. The molecule has 3 heteroatoms. The summed E-state index contributed by atoms with van der Waals surface area (Å²) in [5.74, 6) is 1.27. The lowest BCUT2D eigenvalue weighted by Gasteiger charge is -2.28. The Morgan fingerprint density at radius 2 is 1.94 bits per heavy atom. The van der Waals surface area contributed by atoms with Crippen molar-refractivity contribution in [1.82, 2.24) is 4.98 Å². The van der Waals surface area contributed by atoms with Gasteiger partial charge in [-0.25, -0.2) is 4.98 Å². The number of nitrogens with zero attached hydrogens (tertiary/aromatic N) is 2. The molecule has 0 saturated carbocycles. The molecule has 2 heterocycles. The molecule has 0 radical (unpaired) electrons. The fraction of sp³-hybridized carbons (Fsp3) is 0.400. The zero-order valence-electron chi connectivity index (χ0n) is 10.7. The van der Waals surface area contributed by atoms with Gasteiger partial charge in [-0.05, 0) is 43.9 Å². The van der Waals surface area contributed by atoms with Crippen LogP contribution >= 0.6 is 0 Å². The maximum atomic E-state index is 9.94. The van der Waals surface area contributed by atoms with Gasteiger partial charge in [0.05, 0.1) is 0 Å². The summed E-state index contributed by atoms with van der Waals surface area (Å²) in [6, 6.07) is 7.71. The predicted molar refractivity (Wildman–Crippen MR) is 74.2 cm³/mol. The van der Waals surface area contributed by atoms with E-state index in [1.54, 1.807) is 6.07 Å². The van der Waals surface area contributed by atoms with Gasteiger partial charge >= 0.3 is 0 Å². The zero-order valence-corrected chi connectivity index (χ0v) is 10.7. The Balaban J connectivity index is 2.11. The number of fused-ring (bicyclic) bond motifs is 1. The van der Waals surface area contributed by atoms with E-state index >= 15 is 0 Å². The Labute approximate surface area is 107 Å². The summed E-state index contributed by atoms with van der Waals surface area (Å²) >= 11 is 0. The van der Waals surface area contributed by atoms with E-state index in [2.05, 4.69) is 22.9 Å². The monoisotopic (exact) mass is 242 g/mol. The lowest BCUT2D eigenvalue weighted by Crippen LogP contribution is -2.30. The van der Waals surface area contributed by atoms with Crippen LogP contribution in [0.1, 0.15) is 24.8 Å². The van der Waals surface area contributed by atoms with Crippen molar-refractivity contribution in [2.75, 3.05) is 18.0 Å². The third-order valence-electron chi connectivity index (χ3n) is 3.69. The Morgan fingerprint density at radius 1 is 1.17 bits per heavy atom. The molecule has 1 saturated heterocycles. The van der Waals surface area contributed by atoms with E-state index in [4.69, 9.17) is 0 Å². The number of aryl methyl sites for hydroxylation is 1. The summed E-state index contributed by atoms with van der Waals surface area (Å²) in [5, 5.41) is 11.0. The highest BCUT2D eigenvalue weighted by Crippen LogP contribution is 2.29. The zero-order chi connectivity index (χ0) is 12.5. The van der Waals surface area contributed by atoms with Crippen LogP contribution in [0.25, 0.3) is 10.9 Å². The van der Waals surface area contributed by atoms with Crippen LogP contribution in [0.4, 0.5) is 5.82 Å². The third-order valence-corrected chi connectivity index (χ3v) is 3.69. The van der Waals surface area contributed by atoms with Crippen molar-refractivity contribution in [2.45, 2.75) is 26.2 Å².